The van der Waals surface area contributed by atoms with Crippen LogP contribution in [-0.4, -0.2) is 42.0 Å². The van der Waals surface area contributed by atoms with Gasteiger partial charge in [-0.1, -0.05) is 36.2 Å². The number of rotatable bonds is 5. The van der Waals surface area contributed by atoms with Crippen LogP contribution in [0, 0.1) is 6.92 Å². The second-order valence-electron chi connectivity index (χ2n) is 6.19. The van der Waals surface area contributed by atoms with E-state index in [0.29, 0.717) is 41.4 Å². The number of aryl methyl sites for hydroxylation is 2. The Morgan fingerprint density at radius 2 is 2.23 bits per heavy atom. The number of nitrogens with zero attached hydrogens (tertiary/aromatic N) is 2. The van der Waals surface area contributed by atoms with E-state index in [-0.39, 0.29) is 12.0 Å². The summed E-state index contributed by atoms with van der Waals surface area (Å²) in [6, 6.07) is 5.50. The third kappa shape index (κ3) is 4.75. The normalized spacial score (nSPS) is 18.1. The lowest BCUT2D eigenvalue weighted by Gasteiger charge is -2.32. The van der Waals surface area contributed by atoms with Gasteiger partial charge in [0, 0.05) is 18.0 Å². The summed E-state index contributed by atoms with van der Waals surface area (Å²) in [6.07, 6.45) is 0.743. The molecule has 2 aromatic rings. The first kappa shape index (κ1) is 19.6. The molecule has 1 atom stereocenters. The first-order chi connectivity index (χ1) is 12.5. The zero-order valence-corrected chi connectivity index (χ0v) is 17.0. The predicted molar refractivity (Wildman–Crippen MR) is 106 cm³/mol. The van der Waals surface area contributed by atoms with Crippen LogP contribution in [0.1, 0.15) is 29.2 Å². The molecule has 0 saturated carbocycles. The summed E-state index contributed by atoms with van der Waals surface area (Å²) in [7, 11) is 0. The molecule has 0 radical (unpaired) electrons. The van der Waals surface area contributed by atoms with Crippen molar-refractivity contribution in [2.24, 2.45) is 0 Å². The number of benzene rings is 1. The maximum Gasteiger partial charge on any atom is 0.240 e. The van der Waals surface area contributed by atoms with Crippen LogP contribution in [0.3, 0.4) is 0 Å². The van der Waals surface area contributed by atoms with Crippen molar-refractivity contribution < 1.29 is 9.53 Å². The standard InChI is InChI=1S/C18H21Cl2N3O2S/c1-3-15-11(2)26-18(21-15)22-17(24)10-23-6-7-25-16(9-23)12-4-5-13(19)14(20)8-12/h4-5,8,16H,3,6-7,9-10H2,1-2H3,(H,21,22,24). The van der Waals surface area contributed by atoms with Gasteiger partial charge in [-0.15, -0.1) is 11.3 Å². The highest BCUT2D eigenvalue weighted by atomic mass is 35.5. The molecule has 0 spiro atoms. The summed E-state index contributed by atoms with van der Waals surface area (Å²) in [5.74, 6) is -0.0591. The Morgan fingerprint density at radius 3 is 2.92 bits per heavy atom. The fourth-order valence-electron chi connectivity index (χ4n) is 2.93. The molecule has 2 heterocycles. The highest BCUT2D eigenvalue weighted by molar-refractivity contribution is 7.15. The van der Waals surface area contributed by atoms with Crippen molar-refractivity contribution in [2.45, 2.75) is 26.4 Å². The molecule has 1 aliphatic rings. The molecule has 140 valence electrons. The average molecular weight is 414 g/mol. The Labute approximate surface area is 167 Å². The number of morpholine rings is 1. The number of amides is 1. The van der Waals surface area contributed by atoms with Crippen LogP contribution in [0.4, 0.5) is 5.13 Å². The molecule has 26 heavy (non-hydrogen) atoms. The minimum absolute atomic E-state index is 0.0591. The molecular formula is C18H21Cl2N3O2S. The number of thiazole rings is 1. The highest BCUT2D eigenvalue weighted by Crippen LogP contribution is 2.29. The molecule has 5 nitrogen and oxygen atoms in total. The first-order valence-electron chi connectivity index (χ1n) is 8.51. The third-order valence-electron chi connectivity index (χ3n) is 4.31. The van der Waals surface area contributed by atoms with E-state index in [9.17, 15) is 4.79 Å². The fraction of sp³-hybridized carbons (Fsp3) is 0.444. The molecule has 1 aromatic carbocycles. The second kappa shape index (κ2) is 8.67. The SMILES string of the molecule is CCc1nc(NC(=O)CN2CCOC(c3ccc(Cl)c(Cl)c3)C2)sc1C. The maximum atomic E-state index is 12.4. The summed E-state index contributed by atoms with van der Waals surface area (Å²) >= 11 is 13.6. The van der Waals surface area contributed by atoms with Crippen LogP contribution < -0.4 is 5.32 Å². The Kier molecular flexibility index (Phi) is 6.53. The summed E-state index contributed by atoms with van der Waals surface area (Å²) in [4.78, 5) is 20.0. The summed E-state index contributed by atoms with van der Waals surface area (Å²) in [6.45, 7) is 6.29. The number of carbonyl (C=O) groups is 1. The van der Waals surface area contributed by atoms with Gasteiger partial charge in [-0.05, 0) is 31.0 Å². The lowest BCUT2D eigenvalue weighted by atomic mass is 10.1. The van der Waals surface area contributed by atoms with E-state index in [1.54, 1.807) is 6.07 Å². The average Bonchev–Trinajstić information content (AvgIpc) is 2.96. The van der Waals surface area contributed by atoms with E-state index in [1.807, 2.05) is 19.1 Å². The third-order valence-corrected chi connectivity index (χ3v) is 5.97. The summed E-state index contributed by atoms with van der Waals surface area (Å²) in [5, 5.41) is 4.60. The molecule has 1 unspecified atom stereocenters. The van der Waals surface area contributed by atoms with Crippen LogP contribution in [0.2, 0.25) is 10.0 Å². The Hall–Kier alpha value is -1.18. The second-order valence-corrected chi connectivity index (χ2v) is 8.21. The topological polar surface area (TPSA) is 54.5 Å². The van der Waals surface area contributed by atoms with Crippen molar-refractivity contribution in [3.05, 3.63) is 44.4 Å². The van der Waals surface area contributed by atoms with E-state index in [1.165, 1.54) is 11.3 Å². The zero-order valence-electron chi connectivity index (χ0n) is 14.7. The summed E-state index contributed by atoms with van der Waals surface area (Å²) < 4.78 is 5.84. The number of hydrogen-bond donors (Lipinski definition) is 1. The number of halogens is 2. The van der Waals surface area contributed by atoms with Gasteiger partial charge < -0.3 is 10.1 Å². The molecule has 1 aromatic heterocycles. The monoisotopic (exact) mass is 413 g/mol. The Bertz CT molecular complexity index is 797. The van der Waals surface area contributed by atoms with Crippen molar-refractivity contribution in [1.29, 1.82) is 0 Å². The highest BCUT2D eigenvalue weighted by Gasteiger charge is 2.24. The van der Waals surface area contributed by atoms with Crippen LogP contribution in [-0.2, 0) is 16.0 Å². The number of carbonyl (C=O) groups excluding carboxylic acids is 1. The molecule has 0 aliphatic carbocycles. The smallest absolute Gasteiger partial charge is 0.240 e. The van der Waals surface area contributed by atoms with Crippen molar-refractivity contribution in [3.8, 4) is 0 Å². The van der Waals surface area contributed by atoms with Gasteiger partial charge in [0.1, 0.15) is 0 Å². The van der Waals surface area contributed by atoms with Gasteiger partial charge in [0.25, 0.3) is 0 Å². The van der Waals surface area contributed by atoms with Gasteiger partial charge in [0.05, 0.1) is 35.0 Å². The van der Waals surface area contributed by atoms with Crippen molar-refractivity contribution in [1.82, 2.24) is 9.88 Å². The molecular weight excluding hydrogens is 393 g/mol. The maximum absolute atomic E-state index is 12.4. The fourth-order valence-corrected chi connectivity index (χ4v) is 4.16. The number of nitrogens with one attached hydrogen (secondary N) is 1. The van der Waals surface area contributed by atoms with Gasteiger partial charge in [0.15, 0.2) is 5.13 Å². The van der Waals surface area contributed by atoms with E-state index in [2.05, 4.69) is 22.1 Å². The largest absolute Gasteiger partial charge is 0.371 e. The molecule has 1 saturated heterocycles. The zero-order chi connectivity index (χ0) is 18.7. The lowest BCUT2D eigenvalue weighted by molar-refractivity contribution is -0.119. The van der Waals surface area contributed by atoms with Crippen LogP contribution >= 0.6 is 34.5 Å². The quantitative estimate of drug-likeness (QED) is 0.791. The van der Waals surface area contributed by atoms with E-state index in [0.717, 1.165) is 22.6 Å². The van der Waals surface area contributed by atoms with Gasteiger partial charge >= 0.3 is 0 Å². The molecule has 1 aliphatic heterocycles. The first-order valence-corrected chi connectivity index (χ1v) is 10.1. The Balaban J connectivity index is 1.58. The van der Waals surface area contributed by atoms with Crippen LogP contribution in [0.25, 0.3) is 0 Å². The molecule has 1 N–H and O–H groups in total. The molecule has 3 rings (SSSR count). The molecule has 1 fully saturated rings. The number of anilines is 1. The number of ether oxygens (including phenoxy) is 1. The van der Waals surface area contributed by atoms with E-state index >= 15 is 0 Å². The van der Waals surface area contributed by atoms with E-state index in [4.69, 9.17) is 27.9 Å². The van der Waals surface area contributed by atoms with Gasteiger partial charge in [0.2, 0.25) is 5.91 Å². The predicted octanol–water partition coefficient (Wildman–Crippen LogP) is 4.33. The van der Waals surface area contributed by atoms with Crippen LogP contribution in [0.15, 0.2) is 18.2 Å². The molecule has 0 bridgehead atoms. The van der Waals surface area contributed by atoms with Crippen molar-refractivity contribution in [2.75, 3.05) is 31.6 Å². The van der Waals surface area contributed by atoms with Gasteiger partial charge in [-0.2, -0.15) is 0 Å². The number of aromatic nitrogens is 1. The van der Waals surface area contributed by atoms with Crippen LogP contribution in [0.5, 0.6) is 0 Å². The van der Waals surface area contributed by atoms with Gasteiger partial charge in [-0.3, -0.25) is 9.69 Å². The van der Waals surface area contributed by atoms with E-state index < -0.39 is 0 Å². The Morgan fingerprint density at radius 1 is 1.42 bits per heavy atom. The van der Waals surface area contributed by atoms with Crippen molar-refractivity contribution >= 4 is 45.6 Å². The number of hydrogen-bond acceptors (Lipinski definition) is 5. The van der Waals surface area contributed by atoms with Crippen molar-refractivity contribution in [3.63, 3.8) is 0 Å². The minimum atomic E-state index is -0.125. The molecule has 8 heteroatoms. The summed E-state index contributed by atoms with van der Waals surface area (Å²) in [5.41, 5.74) is 2.00. The van der Waals surface area contributed by atoms with Gasteiger partial charge in [-0.25, -0.2) is 4.98 Å². The minimum Gasteiger partial charge on any atom is -0.371 e. The lowest BCUT2D eigenvalue weighted by Crippen LogP contribution is -2.42. The molecule has 1 amide bonds.